The monoisotopic (exact) mass is 198 g/mol. The Labute approximate surface area is 84.9 Å². The average Bonchev–Trinajstić information content (AvgIpc) is 2.00. The van der Waals surface area contributed by atoms with E-state index in [0.717, 1.165) is 0 Å². The van der Waals surface area contributed by atoms with Crippen LogP contribution in [0.2, 0.25) is 0 Å². The Hall–Kier alpha value is -0.990. The Morgan fingerprint density at radius 1 is 1.00 bits per heavy atom. The number of rotatable bonds is 7. The van der Waals surface area contributed by atoms with Crippen LogP contribution in [0.5, 0.6) is 0 Å². The molecule has 0 bridgehead atoms. The average molecular weight is 198 g/mol. The van der Waals surface area contributed by atoms with E-state index in [2.05, 4.69) is 0 Å². The standard InChI is InChI=1S/C11H18O3/c1-8(12)5-4-6-11(10(3)14)7-9(2)13/h11H,4-7H2,1-3H3. The van der Waals surface area contributed by atoms with Crippen molar-refractivity contribution in [3.8, 4) is 0 Å². The van der Waals surface area contributed by atoms with Crippen molar-refractivity contribution < 1.29 is 14.4 Å². The summed E-state index contributed by atoms with van der Waals surface area (Å²) in [5.41, 5.74) is 0. The van der Waals surface area contributed by atoms with E-state index in [1.54, 1.807) is 0 Å². The van der Waals surface area contributed by atoms with E-state index < -0.39 is 0 Å². The van der Waals surface area contributed by atoms with Gasteiger partial charge in [0, 0.05) is 18.8 Å². The molecule has 80 valence electrons. The topological polar surface area (TPSA) is 51.2 Å². The molecule has 3 heteroatoms. The maximum Gasteiger partial charge on any atom is 0.133 e. The fourth-order valence-electron chi connectivity index (χ4n) is 1.39. The highest BCUT2D eigenvalue weighted by Crippen LogP contribution is 2.14. The van der Waals surface area contributed by atoms with Gasteiger partial charge in [0.1, 0.15) is 17.3 Å². The third-order valence-electron chi connectivity index (χ3n) is 2.19. The summed E-state index contributed by atoms with van der Waals surface area (Å²) < 4.78 is 0. The Bertz CT molecular complexity index is 231. The van der Waals surface area contributed by atoms with Gasteiger partial charge in [-0.15, -0.1) is 0 Å². The van der Waals surface area contributed by atoms with Gasteiger partial charge in [0.2, 0.25) is 0 Å². The van der Waals surface area contributed by atoms with Gasteiger partial charge in [-0.1, -0.05) is 0 Å². The second kappa shape index (κ2) is 6.46. The molecular formula is C11H18O3. The molecule has 0 heterocycles. The number of Topliss-reactive ketones (excluding diaryl/α,β-unsaturated/α-hetero) is 3. The Balaban J connectivity index is 3.91. The molecule has 0 aliphatic rings. The predicted molar refractivity (Wildman–Crippen MR) is 54.0 cm³/mol. The zero-order valence-electron chi connectivity index (χ0n) is 9.13. The molecule has 0 amide bonds. The first kappa shape index (κ1) is 13.0. The molecule has 3 nitrogen and oxygen atoms in total. The van der Waals surface area contributed by atoms with E-state index in [0.29, 0.717) is 25.7 Å². The number of ketones is 3. The Morgan fingerprint density at radius 2 is 1.57 bits per heavy atom. The van der Waals surface area contributed by atoms with E-state index in [1.807, 2.05) is 0 Å². The molecule has 14 heavy (non-hydrogen) atoms. The lowest BCUT2D eigenvalue weighted by atomic mass is 9.93. The van der Waals surface area contributed by atoms with Crippen LogP contribution in [0.1, 0.15) is 46.5 Å². The molecule has 0 aromatic rings. The van der Waals surface area contributed by atoms with Gasteiger partial charge in [-0.25, -0.2) is 0 Å². The van der Waals surface area contributed by atoms with E-state index in [4.69, 9.17) is 0 Å². The lowest BCUT2D eigenvalue weighted by Gasteiger charge is -2.10. The molecule has 0 aliphatic carbocycles. The van der Waals surface area contributed by atoms with Crippen LogP contribution in [0.3, 0.4) is 0 Å². The number of hydrogen-bond acceptors (Lipinski definition) is 3. The van der Waals surface area contributed by atoms with Crippen molar-refractivity contribution in [3.63, 3.8) is 0 Å². The predicted octanol–water partition coefficient (Wildman–Crippen LogP) is 1.93. The Kier molecular flexibility index (Phi) is 6.00. The molecule has 0 aromatic heterocycles. The minimum Gasteiger partial charge on any atom is -0.300 e. The largest absolute Gasteiger partial charge is 0.300 e. The minimum absolute atomic E-state index is 0.0352. The van der Waals surface area contributed by atoms with Crippen molar-refractivity contribution >= 4 is 17.3 Å². The summed E-state index contributed by atoms with van der Waals surface area (Å²) in [5, 5.41) is 0. The molecule has 0 aliphatic heterocycles. The molecule has 0 aromatic carbocycles. The molecule has 0 saturated heterocycles. The summed E-state index contributed by atoms with van der Waals surface area (Å²) >= 11 is 0. The second-order valence-corrected chi connectivity index (χ2v) is 3.81. The molecule has 0 spiro atoms. The summed E-state index contributed by atoms with van der Waals surface area (Å²) in [6, 6.07) is 0. The highest BCUT2D eigenvalue weighted by Gasteiger charge is 2.15. The van der Waals surface area contributed by atoms with E-state index in [-0.39, 0.29) is 23.3 Å². The summed E-state index contributed by atoms with van der Waals surface area (Å²) in [4.78, 5) is 32.6. The summed E-state index contributed by atoms with van der Waals surface area (Å²) in [7, 11) is 0. The third-order valence-corrected chi connectivity index (χ3v) is 2.19. The minimum atomic E-state index is -0.188. The number of carbonyl (C=O) groups is 3. The van der Waals surface area contributed by atoms with Crippen molar-refractivity contribution in [1.82, 2.24) is 0 Å². The van der Waals surface area contributed by atoms with Gasteiger partial charge in [0.15, 0.2) is 0 Å². The van der Waals surface area contributed by atoms with Crippen LogP contribution in [0.15, 0.2) is 0 Å². The number of carbonyl (C=O) groups excluding carboxylic acids is 3. The zero-order valence-corrected chi connectivity index (χ0v) is 9.13. The van der Waals surface area contributed by atoms with E-state index in [1.165, 1.54) is 20.8 Å². The van der Waals surface area contributed by atoms with Crippen LogP contribution in [0.4, 0.5) is 0 Å². The lowest BCUT2D eigenvalue weighted by molar-refractivity contribution is -0.126. The van der Waals surface area contributed by atoms with E-state index in [9.17, 15) is 14.4 Å². The first-order valence-corrected chi connectivity index (χ1v) is 4.92. The molecule has 1 atom stereocenters. The molecule has 0 fully saturated rings. The maximum absolute atomic E-state index is 11.1. The van der Waals surface area contributed by atoms with Crippen molar-refractivity contribution in [2.45, 2.75) is 46.5 Å². The molecular weight excluding hydrogens is 180 g/mol. The van der Waals surface area contributed by atoms with Crippen LogP contribution in [-0.2, 0) is 14.4 Å². The highest BCUT2D eigenvalue weighted by atomic mass is 16.1. The third kappa shape index (κ3) is 6.52. The quantitative estimate of drug-likeness (QED) is 0.628. The fraction of sp³-hybridized carbons (Fsp3) is 0.727. The van der Waals surface area contributed by atoms with Gasteiger partial charge in [0.05, 0.1) is 0 Å². The van der Waals surface area contributed by atoms with Crippen LogP contribution in [0.25, 0.3) is 0 Å². The molecule has 0 radical (unpaired) electrons. The van der Waals surface area contributed by atoms with Crippen molar-refractivity contribution in [2.75, 3.05) is 0 Å². The van der Waals surface area contributed by atoms with Gasteiger partial charge in [-0.05, 0) is 33.6 Å². The van der Waals surface area contributed by atoms with Crippen LogP contribution >= 0.6 is 0 Å². The van der Waals surface area contributed by atoms with Crippen LogP contribution < -0.4 is 0 Å². The summed E-state index contributed by atoms with van der Waals surface area (Å²) in [5.74, 6) is 0.0266. The highest BCUT2D eigenvalue weighted by molar-refractivity contribution is 5.85. The van der Waals surface area contributed by atoms with Gasteiger partial charge in [-0.3, -0.25) is 4.79 Å². The van der Waals surface area contributed by atoms with Crippen LogP contribution in [0, 0.1) is 5.92 Å². The van der Waals surface area contributed by atoms with Crippen molar-refractivity contribution in [1.29, 1.82) is 0 Å². The van der Waals surface area contributed by atoms with Gasteiger partial charge in [-0.2, -0.15) is 0 Å². The second-order valence-electron chi connectivity index (χ2n) is 3.81. The van der Waals surface area contributed by atoms with Gasteiger partial charge >= 0.3 is 0 Å². The Morgan fingerprint density at radius 3 is 1.93 bits per heavy atom. The molecule has 0 N–H and O–H groups in total. The summed E-state index contributed by atoms with van der Waals surface area (Å²) in [6.07, 6.45) is 2.16. The molecule has 0 rings (SSSR count). The maximum atomic E-state index is 11.1. The first-order chi connectivity index (χ1) is 6.43. The smallest absolute Gasteiger partial charge is 0.133 e. The van der Waals surface area contributed by atoms with Gasteiger partial charge in [0.25, 0.3) is 0 Å². The zero-order chi connectivity index (χ0) is 11.1. The van der Waals surface area contributed by atoms with E-state index >= 15 is 0 Å². The lowest BCUT2D eigenvalue weighted by Crippen LogP contribution is -2.14. The first-order valence-electron chi connectivity index (χ1n) is 4.92. The normalized spacial score (nSPS) is 12.2. The fourth-order valence-corrected chi connectivity index (χ4v) is 1.39. The molecule has 1 unspecified atom stereocenters. The van der Waals surface area contributed by atoms with Crippen molar-refractivity contribution in [2.24, 2.45) is 5.92 Å². The van der Waals surface area contributed by atoms with Gasteiger partial charge < -0.3 is 9.59 Å². The SMILES string of the molecule is CC(=O)CCCC(CC(C)=O)C(C)=O. The number of hydrogen-bond donors (Lipinski definition) is 0. The summed E-state index contributed by atoms with van der Waals surface area (Å²) in [6.45, 7) is 4.52. The van der Waals surface area contributed by atoms with Crippen molar-refractivity contribution in [3.05, 3.63) is 0 Å². The molecule has 0 saturated carbocycles. The van der Waals surface area contributed by atoms with Crippen LogP contribution in [-0.4, -0.2) is 17.3 Å².